The van der Waals surface area contributed by atoms with Crippen LogP contribution in [0.25, 0.3) is 10.2 Å². The third-order valence-corrected chi connectivity index (χ3v) is 9.17. The zero-order chi connectivity index (χ0) is 29.1. The zero-order valence-electron chi connectivity index (χ0n) is 22.3. The molecule has 0 bridgehead atoms. The minimum absolute atomic E-state index is 0.0777. The quantitative estimate of drug-likeness (QED) is 0.363. The Hall–Kier alpha value is -3.61. The highest BCUT2D eigenvalue weighted by atomic mass is 35.5. The molecule has 0 spiro atoms. The first-order valence-corrected chi connectivity index (χ1v) is 14.5. The highest BCUT2D eigenvalue weighted by Gasteiger charge is 2.40. The summed E-state index contributed by atoms with van der Waals surface area (Å²) in [5, 5.41) is 8.86. The number of urea groups is 1. The fourth-order valence-electron chi connectivity index (χ4n) is 5.55. The second-order valence-corrected chi connectivity index (χ2v) is 12.4. The first-order valence-electron chi connectivity index (χ1n) is 13.3. The number of anilines is 1. The van der Waals surface area contributed by atoms with Crippen LogP contribution in [0, 0.1) is 5.82 Å². The number of halogens is 2. The molecule has 1 aromatic heterocycles. The van der Waals surface area contributed by atoms with E-state index in [1.165, 1.54) is 28.4 Å². The summed E-state index contributed by atoms with van der Waals surface area (Å²) in [6.45, 7) is 4.14. The van der Waals surface area contributed by atoms with Crippen molar-refractivity contribution >= 4 is 62.6 Å². The summed E-state index contributed by atoms with van der Waals surface area (Å²) in [5.74, 6) is -2.24. The number of hydrogen-bond donors (Lipinski definition) is 3. The van der Waals surface area contributed by atoms with Crippen molar-refractivity contribution in [1.82, 2.24) is 20.5 Å². The van der Waals surface area contributed by atoms with Crippen molar-refractivity contribution in [3.8, 4) is 0 Å². The van der Waals surface area contributed by atoms with Crippen LogP contribution < -0.4 is 16.0 Å². The van der Waals surface area contributed by atoms with Crippen LogP contribution in [0.2, 0.25) is 5.02 Å². The van der Waals surface area contributed by atoms with Crippen LogP contribution in [0.5, 0.6) is 0 Å². The number of rotatable bonds is 5. The lowest BCUT2D eigenvalue weighted by atomic mass is 10.0. The van der Waals surface area contributed by atoms with Crippen LogP contribution in [-0.2, 0) is 26.4 Å². The Bertz CT molecular complexity index is 1620. The molecule has 4 heterocycles. The Morgan fingerprint density at radius 3 is 2.78 bits per heavy atom. The number of piperidine rings is 1. The van der Waals surface area contributed by atoms with Crippen molar-refractivity contribution in [1.29, 1.82) is 0 Å². The Balaban J connectivity index is 1.19. The second kappa shape index (κ2) is 10.3. The smallest absolute Gasteiger partial charge is 0.320 e. The zero-order valence-corrected chi connectivity index (χ0v) is 23.9. The van der Waals surface area contributed by atoms with E-state index in [2.05, 4.69) is 16.0 Å². The van der Waals surface area contributed by atoms with Gasteiger partial charge in [0.25, 0.3) is 5.91 Å². The molecule has 2 saturated heterocycles. The van der Waals surface area contributed by atoms with Gasteiger partial charge in [-0.25, -0.2) is 14.2 Å². The maximum Gasteiger partial charge on any atom is 0.320 e. The molecule has 3 N–H and O–H groups in total. The molecule has 0 radical (unpaired) electrons. The van der Waals surface area contributed by atoms with Crippen molar-refractivity contribution in [3.63, 3.8) is 0 Å². The summed E-state index contributed by atoms with van der Waals surface area (Å²) < 4.78 is 22.3. The maximum atomic E-state index is 15.5. The monoisotopic (exact) mass is 599 g/mol. The third kappa shape index (κ3) is 5.04. The van der Waals surface area contributed by atoms with Gasteiger partial charge in [0.1, 0.15) is 11.0 Å². The van der Waals surface area contributed by atoms with E-state index in [1.54, 1.807) is 13.8 Å². The summed E-state index contributed by atoms with van der Waals surface area (Å²) >= 11 is 7.79. The lowest BCUT2D eigenvalue weighted by Gasteiger charge is -2.29. The van der Waals surface area contributed by atoms with E-state index in [9.17, 15) is 19.2 Å². The van der Waals surface area contributed by atoms with Gasteiger partial charge in [-0.15, -0.1) is 11.3 Å². The molecule has 5 amide bonds. The van der Waals surface area contributed by atoms with Crippen LogP contribution in [0.15, 0.2) is 24.3 Å². The summed E-state index contributed by atoms with van der Waals surface area (Å²) in [5.41, 5.74) is 0.891. The molecule has 10 nitrogen and oxygen atoms in total. The van der Waals surface area contributed by atoms with Gasteiger partial charge in [0, 0.05) is 34.7 Å². The molecule has 13 heteroatoms. The lowest BCUT2D eigenvalue weighted by molar-refractivity contribution is -0.136. The number of ether oxygens (including phenoxy) is 1. The van der Waals surface area contributed by atoms with Gasteiger partial charge in [-0.3, -0.25) is 19.7 Å². The lowest BCUT2D eigenvalue weighted by Crippen LogP contribution is -2.52. The van der Waals surface area contributed by atoms with Gasteiger partial charge in [-0.05, 0) is 57.4 Å². The van der Waals surface area contributed by atoms with Crippen molar-refractivity contribution in [3.05, 3.63) is 56.8 Å². The third-order valence-electron chi connectivity index (χ3n) is 7.62. The highest BCUT2D eigenvalue weighted by molar-refractivity contribution is 7.18. The fraction of sp³-hybridized carbons (Fsp3) is 0.393. The topological polar surface area (TPSA) is 130 Å². The predicted molar refractivity (Wildman–Crippen MR) is 150 cm³/mol. The SMILES string of the molecule is CC(C)(NC(=O)Nc1ccc2c(c1F)CN(C1CCC(=O)NC1=O)C2=O)c1nc2c([C@H]3CCCO3)cc(Cl)cc2s1. The number of amides is 5. The molecule has 2 aromatic carbocycles. The van der Waals surface area contributed by atoms with E-state index >= 15 is 4.39 Å². The molecular formula is C28H27ClFN5O5S. The minimum Gasteiger partial charge on any atom is -0.373 e. The first kappa shape index (κ1) is 27.6. The number of aromatic nitrogens is 1. The number of thiazole rings is 1. The molecule has 1 unspecified atom stereocenters. The number of imide groups is 1. The number of benzene rings is 2. The molecule has 6 rings (SSSR count). The predicted octanol–water partition coefficient (Wildman–Crippen LogP) is 4.76. The Kier molecular flexibility index (Phi) is 6.95. The van der Waals surface area contributed by atoms with E-state index in [1.807, 2.05) is 12.1 Å². The van der Waals surface area contributed by atoms with Gasteiger partial charge in [0.2, 0.25) is 11.8 Å². The van der Waals surface area contributed by atoms with E-state index < -0.39 is 41.2 Å². The molecule has 0 aliphatic carbocycles. The van der Waals surface area contributed by atoms with Gasteiger partial charge in [0.15, 0.2) is 5.82 Å². The largest absolute Gasteiger partial charge is 0.373 e. The first-order chi connectivity index (χ1) is 19.5. The van der Waals surface area contributed by atoms with Crippen molar-refractivity contribution < 1.29 is 28.3 Å². The van der Waals surface area contributed by atoms with Gasteiger partial charge in [0.05, 0.1) is 34.1 Å². The summed E-state index contributed by atoms with van der Waals surface area (Å²) in [7, 11) is 0. The van der Waals surface area contributed by atoms with Crippen molar-refractivity contribution in [2.45, 2.75) is 63.8 Å². The Morgan fingerprint density at radius 2 is 2.05 bits per heavy atom. The number of nitrogens with zero attached hydrogens (tertiary/aromatic N) is 2. The average Bonchev–Trinajstić information content (AvgIpc) is 3.65. The molecule has 2 fully saturated rings. The number of fused-ring (bicyclic) bond motifs is 2. The summed E-state index contributed by atoms with van der Waals surface area (Å²) in [6.07, 6.45) is 2.04. The highest BCUT2D eigenvalue weighted by Crippen LogP contribution is 2.39. The molecule has 214 valence electrons. The van der Waals surface area contributed by atoms with Crippen LogP contribution in [0.1, 0.15) is 72.1 Å². The van der Waals surface area contributed by atoms with E-state index in [4.69, 9.17) is 21.3 Å². The molecular weight excluding hydrogens is 573 g/mol. The maximum absolute atomic E-state index is 15.5. The Labute approximate surface area is 243 Å². The molecule has 2 atom stereocenters. The van der Waals surface area contributed by atoms with Gasteiger partial charge >= 0.3 is 6.03 Å². The van der Waals surface area contributed by atoms with Crippen LogP contribution in [0.4, 0.5) is 14.9 Å². The van der Waals surface area contributed by atoms with Crippen LogP contribution in [-0.4, -0.2) is 46.3 Å². The minimum atomic E-state index is -0.917. The van der Waals surface area contributed by atoms with E-state index in [0.29, 0.717) is 16.6 Å². The normalized spacial score (nSPS) is 20.9. The van der Waals surface area contributed by atoms with E-state index in [-0.39, 0.29) is 42.3 Å². The van der Waals surface area contributed by atoms with Gasteiger partial charge < -0.3 is 20.3 Å². The van der Waals surface area contributed by atoms with Gasteiger partial charge in [-0.2, -0.15) is 0 Å². The molecule has 0 saturated carbocycles. The molecule has 3 aromatic rings. The van der Waals surface area contributed by atoms with Crippen molar-refractivity contribution in [2.24, 2.45) is 0 Å². The summed E-state index contributed by atoms with van der Waals surface area (Å²) in [4.78, 5) is 55.8. The number of hydrogen-bond acceptors (Lipinski definition) is 7. The molecule has 3 aliphatic rings. The standard InChI is InChI=1S/C28H27ClFN5O5S/c1-28(2,26-33-23-15(19-4-3-9-40-19)10-13(29)11-20(23)41-26)34-27(39)31-17-6-5-14-16(22(17)30)12-35(25(14)38)18-7-8-21(36)32-24(18)37/h5-6,10-11,18-19H,3-4,7-9,12H2,1-2H3,(H2,31,34,39)(H,32,36,37)/t18?,19-/m1/s1. The molecule has 41 heavy (non-hydrogen) atoms. The average molecular weight is 600 g/mol. The number of carbonyl (C=O) groups excluding carboxylic acids is 4. The van der Waals surface area contributed by atoms with Gasteiger partial charge in [-0.1, -0.05) is 11.6 Å². The summed E-state index contributed by atoms with van der Waals surface area (Å²) in [6, 6.07) is 4.94. The fourth-order valence-corrected chi connectivity index (χ4v) is 6.94. The van der Waals surface area contributed by atoms with Crippen LogP contribution >= 0.6 is 22.9 Å². The Morgan fingerprint density at radius 1 is 1.24 bits per heavy atom. The van der Waals surface area contributed by atoms with Crippen LogP contribution in [0.3, 0.4) is 0 Å². The second-order valence-electron chi connectivity index (χ2n) is 10.9. The van der Waals surface area contributed by atoms with E-state index in [0.717, 1.165) is 28.6 Å². The van der Waals surface area contributed by atoms with Crippen molar-refractivity contribution in [2.75, 3.05) is 11.9 Å². The number of nitrogens with one attached hydrogen (secondary N) is 3. The number of carbonyl (C=O) groups is 4. The molecule has 3 aliphatic heterocycles.